The zero-order chi connectivity index (χ0) is 19.6. The average Bonchev–Trinajstić information content (AvgIpc) is 2.95. The van der Waals surface area contributed by atoms with Crippen molar-refractivity contribution in [3.63, 3.8) is 0 Å². The van der Waals surface area contributed by atoms with Gasteiger partial charge in [-0.15, -0.1) is 11.3 Å². The lowest BCUT2D eigenvalue weighted by atomic mass is 10.0. The lowest BCUT2D eigenvalue weighted by Gasteiger charge is -2.05. The van der Waals surface area contributed by atoms with Gasteiger partial charge < -0.3 is 4.98 Å². The number of thiophene rings is 1. The van der Waals surface area contributed by atoms with Crippen LogP contribution in [0.5, 0.6) is 0 Å². The number of fused-ring (bicyclic) bond motifs is 1. The number of hydrazine groups is 1. The van der Waals surface area contributed by atoms with Crippen LogP contribution < -0.4 is 16.4 Å². The van der Waals surface area contributed by atoms with Gasteiger partial charge in [0.1, 0.15) is 10.6 Å². The molecular weight excluding hydrogens is 391 g/mol. The molecule has 27 heavy (non-hydrogen) atoms. The maximum Gasteiger partial charge on any atom is 0.260 e. The van der Waals surface area contributed by atoms with Gasteiger partial charge in [-0.2, -0.15) is 0 Å². The SMILES string of the molecule is CC(=O)NNC(=O)CSc1nc2sc(C)c(-c3ccc(F)cc3)c2c(=O)[nH]1. The van der Waals surface area contributed by atoms with E-state index in [2.05, 4.69) is 20.8 Å². The Kier molecular flexibility index (Phi) is 5.57. The number of rotatable bonds is 4. The molecule has 0 radical (unpaired) electrons. The summed E-state index contributed by atoms with van der Waals surface area (Å²) >= 11 is 2.41. The molecule has 2 aromatic heterocycles. The number of hydrogen-bond acceptors (Lipinski definition) is 6. The highest BCUT2D eigenvalue weighted by Crippen LogP contribution is 2.36. The van der Waals surface area contributed by atoms with Crippen LogP contribution in [0, 0.1) is 12.7 Å². The third-order valence-corrected chi connectivity index (χ3v) is 5.44. The van der Waals surface area contributed by atoms with Crippen LogP contribution in [0.4, 0.5) is 4.39 Å². The molecule has 0 saturated carbocycles. The molecule has 0 aliphatic rings. The molecule has 2 heterocycles. The van der Waals surface area contributed by atoms with E-state index in [0.717, 1.165) is 27.8 Å². The first kappa shape index (κ1) is 19.1. The fourth-order valence-corrected chi connectivity index (χ4v) is 4.22. The number of carbonyl (C=O) groups excluding carboxylic acids is 2. The Morgan fingerprint density at radius 2 is 1.96 bits per heavy atom. The van der Waals surface area contributed by atoms with Gasteiger partial charge in [0.15, 0.2) is 5.16 Å². The Hall–Kier alpha value is -2.72. The summed E-state index contributed by atoms with van der Waals surface area (Å²) in [5.41, 5.74) is 5.56. The van der Waals surface area contributed by atoms with E-state index < -0.39 is 5.91 Å². The summed E-state index contributed by atoms with van der Waals surface area (Å²) in [6.07, 6.45) is 0. The molecule has 0 fully saturated rings. The second kappa shape index (κ2) is 7.89. The van der Waals surface area contributed by atoms with Crippen molar-refractivity contribution in [1.82, 2.24) is 20.8 Å². The lowest BCUT2D eigenvalue weighted by molar-refractivity contribution is -0.126. The number of nitrogens with one attached hydrogen (secondary N) is 3. The lowest BCUT2D eigenvalue weighted by Crippen LogP contribution is -2.41. The Balaban J connectivity index is 1.88. The molecule has 1 aromatic carbocycles. The van der Waals surface area contributed by atoms with Crippen LogP contribution in [-0.2, 0) is 9.59 Å². The molecular formula is C17H15FN4O3S2. The minimum atomic E-state index is -0.424. The number of nitrogens with zero attached hydrogens (tertiary/aromatic N) is 1. The molecule has 0 atom stereocenters. The first-order valence-corrected chi connectivity index (χ1v) is 9.63. The van der Waals surface area contributed by atoms with Gasteiger partial charge in [0.25, 0.3) is 5.56 Å². The predicted octanol–water partition coefficient (Wildman–Crippen LogP) is 2.36. The molecule has 3 N–H and O–H groups in total. The number of aromatic amines is 1. The highest BCUT2D eigenvalue weighted by Gasteiger charge is 2.17. The van der Waals surface area contributed by atoms with E-state index in [4.69, 9.17) is 0 Å². The topological polar surface area (TPSA) is 104 Å². The third kappa shape index (κ3) is 4.34. The monoisotopic (exact) mass is 406 g/mol. The van der Waals surface area contributed by atoms with Gasteiger partial charge in [-0.05, 0) is 24.6 Å². The van der Waals surface area contributed by atoms with Crippen LogP contribution >= 0.6 is 23.1 Å². The van der Waals surface area contributed by atoms with E-state index in [0.29, 0.717) is 15.4 Å². The molecule has 0 saturated heterocycles. The van der Waals surface area contributed by atoms with Crippen molar-refractivity contribution in [2.45, 2.75) is 19.0 Å². The number of halogens is 1. The van der Waals surface area contributed by atoms with Crippen LogP contribution in [0.3, 0.4) is 0 Å². The van der Waals surface area contributed by atoms with Crippen LogP contribution in [0.15, 0.2) is 34.2 Å². The number of carbonyl (C=O) groups is 2. The van der Waals surface area contributed by atoms with Gasteiger partial charge in [0.2, 0.25) is 11.8 Å². The van der Waals surface area contributed by atoms with Gasteiger partial charge in [0.05, 0.1) is 11.1 Å². The van der Waals surface area contributed by atoms with Gasteiger partial charge in [-0.1, -0.05) is 23.9 Å². The number of aromatic nitrogens is 2. The normalized spacial score (nSPS) is 10.8. The number of H-pyrrole nitrogens is 1. The fourth-order valence-electron chi connectivity index (χ4n) is 2.46. The zero-order valence-corrected chi connectivity index (χ0v) is 16.0. The molecule has 0 aliphatic heterocycles. The first-order chi connectivity index (χ1) is 12.8. The van der Waals surface area contributed by atoms with Crippen molar-refractivity contribution in [3.05, 3.63) is 45.3 Å². The second-order valence-electron chi connectivity index (χ2n) is 5.61. The molecule has 0 unspecified atom stereocenters. The highest BCUT2D eigenvalue weighted by atomic mass is 32.2. The van der Waals surface area contributed by atoms with Crippen LogP contribution in [-0.4, -0.2) is 27.5 Å². The molecule has 140 valence electrons. The average molecular weight is 406 g/mol. The largest absolute Gasteiger partial charge is 0.301 e. The highest BCUT2D eigenvalue weighted by molar-refractivity contribution is 7.99. The molecule has 10 heteroatoms. The summed E-state index contributed by atoms with van der Waals surface area (Å²) in [5.74, 6) is -1.18. The summed E-state index contributed by atoms with van der Waals surface area (Å²) < 4.78 is 13.2. The minimum absolute atomic E-state index is 0.0239. The molecule has 2 amide bonds. The summed E-state index contributed by atoms with van der Waals surface area (Å²) in [6, 6.07) is 5.94. The summed E-state index contributed by atoms with van der Waals surface area (Å²) in [6.45, 7) is 3.15. The number of benzene rings is 1. The molecule has 0 bridgehead atoms. The van der Waals surface area contributed by atoms with Gasteiger partial charge >= 0.3 is 0 Å². The maximum absolute atomic E-state index is 13.2. The standard InChI is InChI=1S/C17H15FN4O3S2/c1-8-13(10-3-5-11(18)6-4-10)14-15(25)19-17(20-16(14)27-8)26-7-12(24)22-21-9(2)23/h3-6H,7H2,1-2H3,(H,21,23)(H,22,24)(H,19,20,25). The van der Waals surface area contributed by atoms with E-state index in [9.17, 15) is 18.8 Å². The van der Waals surface area contributed by atoms with E-state index >= 15 is 0 Å². The molecule has 7 nitrogen and oxygen atoms in total. The number of thioether (sulfide) groups is 1. The molecule has 0 aliphatic carbocycles. The van der Waals surface area contributed by atoms with Crippen molar-refractivity contribution in [1.29, 1.82) is 0 Å². The predicted molar refractivity (Wildman–Crippen MR) is 103 cm³/mol. The van der Waals surface area contributed by atoms with Crippen LogP contribution in [0.2, 0.25) is 0 Å². The second-order valence-corrected chi connectivity index (χ2v) is 7.78. The molecule has 3 rings (SSSR count). The smallest absolute Gasteiger partial charge is 0.260 e. The molecule has 0 spiro atoms. The quantitative estimate of drug-likeness (QED) is 0.351. The van der Waals surface area contributed by atoms with Crippen molar-refractivity contribution >= 4 is 45.1 Å². The van der Waals surface area contributed by atoms with Gasteiger partial charge in [-0.25, -0.2) is 9.37 Å². The first-order valence-electron chi connectivity index (χ1n) is 7.82. The fraction of sp³-hybridized carbons (Fsp3) is 0.176. The van der Waals surface area contributed by atoms with Crippen LogP contribution in [0.1, 0.15) is 11.8 Å². The van der Waals surface area contributed by atoms with Crippen molar-refractivity contribution in [2.75, 3.05) is 5.75 Å². The van der Waals surface area contributed by atoms with Crippen LogP contribution in [0.25, 0.3) is 21.3 Å². The Morgan fingerprint density at radius 1 is 1.26 bits per heavy atom. The Bertz CT molecular complexity index is 1080. The summed E-state index contributed by atoms with van der Waals surface area (Å²) in [5, 5.41) is 0.744. The number of hydrogen-bond donors (Lipinski definition) is 3. The summed E-state index contributed by atoms with van der Waals surface area (Å²) in [7, 11) is 0. The number of aryl methyl sites for hydroxylation is 1. The van der Waals surface area contributed by atoms with Crippen molar-refractivity contribution in [3.8, 4) is 11.1 Å². The van der Waals surface area contributed by atoms with E-state index in [-0.39, 0.29) is 23.0 Å². The van der Waals surface area contributed by atoms with E-state index in [1.165, 1.54) is 30.4 Å². The Labute approximate surface area is 161 Å². The Morgan fingerprint density at radius 3 is 2.63 bits per heavy atom. The number of amides is 2. The maximum atomic E-state index is 13.2. The summed E-state index contributed by atoms with van der Waals surface area (Å²) in [4.78, 5) is 43.5. The van der Waals surface area contributed by atoms with E-state index in [1.54, 1.807) is 12.1 Å². The minimum Gasteiger partial charge on any atom is -0.301 e. The van der Waals surface area contributed by atoms with Crippen molar-refractivity contribution in [2.24, 2.45) is 0 Å². The van der Waals surface area contributed by atoms with Crippen molar-refractivity contribution < 1.29 is 14.0 Å². The van der Waals surface area contributed by atoms with Gasteiger partial charge in [0, 0.05) is 17.4 Å². The third-order valence-electron chi connectivity index (χ3n) is 3.57. The van der Waals surface area contributed by atoms with E-state index in [1.807, 2.05) is 6.92 Å². The molecule has 3 aromatic rings. The zero-order valence-electron chi connectivity index (χ0n) is 14.4. The van der Waals surface area contributed by atoms with Gasteiger partial charge in [-0.3, -0.25) is 25.2 Å².